The number of carbonyl (C=O) groups excluding carboxylic acids is 2. The van der Waals surface area contributed by atoms with Crippen molar-refractivity contribution in [2.75, 3.05) is 14.2 Å². The van der Waals surface area contributed by atoms with Crippen LogP contribution in [-0.2, 0) is 22.7 Å². The van der Waals surface area contributed by atoms with Crippen molar-refractivity contribution < 1.29 is 29.1 Å². The number of nitrogens with zero attached hydrogens (tertiary/aromatic N) is 2. The van der Waals surface area contributed by atoms with E-state index in [4.69, 9.17) is 0 Å². The highest BCUT2D eigenvalue weighted by atomic mass is 32.1. The number of thiophene rings is 1. The number of methoxy groups -OCH3 is 1. The third kappa shape index (κ3) is 5.21. The molecule has 2 aromatic rings. The monoisotopic (exact) mass is 378 g/mol. The first kappa shape index (κ1) is 19.3. The topological polar surface area (TPSA) is 96.4 Å². The quantitative estimate of drug-likeness (QED) is 0.634. The van der Waals surface area contributed by atoms with Gasteiger partial charge in [-0.2, -0.15) is 5.06 Å². The number of benzene rings is 1. The van der Waals surface area contributed by atoms with Gasteiger partial charge in [0.05, 0.1) is 13.7 Å². The predicted octanol–water partition coefficient (Wildman–Crippen LogP) is 3.20. The van der Waals surface area contributed by atoms with Crippen molar-refractivity contribution >= 4 is 29.5 Å². The smallest absolute Gasteiger partial charge is 0.465 e. The van der Waals surface area contributed by atoms with Crippen molar-refractivity contribution in [1.82, 2.24) is 9.96 Å². The van der Waals surface area contributed by atoms with Crippen LogP contribution in [0.1, 0.15) is 20.8 Å². The molecule has 0 fully saturated rings. The van der Waals surface area contributed by atoms with Gasteiger partial charge in [0.25, 0.3) is 5.91 Å². The van der Waals surface area contributed by atoms with Gasteiger partial charge in [-0.15, -0.1) is 11.3 Å². The minimum absolute atomic E-state index is 0.191. The van der Waals surface area contributed by atoms with Gasteiger partial charge >= 0.3 is 12.2 Å². The Balaban J connectivity index is 2.02. The zero-order valence-electron chi connectivity index (χ0n) is 14.2. The summed E-state index contributed by atoms with van der Waals surface area (Å²) in [4.78, 5) is 41.5. The Hall–Kier alpha value is -3.07. The predicted molar refractivity (Wildman–Crippen MR) is 93.6 cm³/mol. The second-order valence-corrected chi connectivity index (χ2v) is 6.30. The van der Waals surface area contributed by atoms with Gasteiger partial charge in [0.1, 0.15) is 0 Å². The summed E-state index contributed by atoms with van der Waals surface area (Å²) >= 11 is 1.49. The fourth-order valence-electron chi connectivity index (χ4n) is 2.13. The molecule has 0 aliphatic rings. The molecule has 0 bridgehead atoms. The third-order valence-electron chi connectivity index (χ3n) is 3.44. The molecule has 0 saturated carbocycles. The summed E-state index contributed by atoms with van der Waals surface area (Å²) in [6, 6.07) is 10.1. The summed E-state index contributed by atoms with van der Waals surface area (Å²) < 4.78 is 4.32. The molecule has 0 saturated heterocycles. The van der Waals surface area contributed by atoms with Crippen LogP contribution >= 0.6 is 11.3 Å². The molecule has 1 heterocycles. The van der Waals surface area contributed by atoms with Gasteiger partial charge < -0.3 is 14.7 Å². The zero-order valence-corrected chi connectivity index (χ0v) is 15.1. The first-order chi connectivity index (χ1) is 12.4. The molecule has 0 aliphatic carbocycles. The SMILES string of the molecule is COC(=O)ON(C)C(=O)c1ccc(CN(Cc2cccs2)C(=O)O)cc1. The highest BCUT2D eigenvalue weighted by Gasteiger charge is 2.17. The Morgan fingerprint density at radius 1 is 1.12 bits per heavy atom. The molecular weight excluding hydrogens is 360 g/mol. The maximum atomic E-state index is 12.1. The summed E-state index contributed by atoms with van der Waals surface area (Å²) in [5.74, 6) is -0.532. The molecule has 2 rings (SSSR count). The summed E-state index contributed by atoms with van der Waals surface area (Å²) in [5, 5.41) is 12.0. The van der Waals surface area contributed by atoms with Crippen LogP contribution in [-0.4, -0.2) is 47.4 Å². The van der Waals surface area contributed by atoms with Crippen LogP contribution in [0.3, 0.4) is 0 Å². The highest BCUT2D eigenvalue weighted by Crippen LogP contribution is 2.15. The summed E-state index contributed by atoms with van der Waals surface area (Å²) in [6.07, 6.45) is -2.02. The van der Waals surface area contributed by atoms with E-state index in [1.807, 2.05) is 17.5 Å². The van der Waals surface area contributed by atoms with E-state index in [-0.39, 0.29) is 6.54 Å². The normalized spacial score (nSPS) is 10.1. The van der Waals surface area contributed by atoms with Gasteiger partial charge in [0, 0.05) is 24.0 Å². The minimum atomic E-state index is -1.02. The summed E-state index contributed by atoms with van der Waals surface area (Å²) in [7, 11) is 2.43. The molecule has 138 valence electrons. The van der Waals surface area contributed by atoms with E-state index >= 15 is 0 Å². The average molecular weight is 378 g/mol. The lowest BCUT2D eigenvalue weighted by molar-refractivity contribution is -0.0782. The zero-order chi connectivity index (χ0) is 19.1. The van der Waals surface area contributed by atoms with Gasteiger partial charge in [-0.1, -0.05) is 18.2 Å². The molecule has 1 aromatic heterocycles. The Kier molecular flexibility index (Phi) is 6.56. The van der Waals surface area contributed by atoms with Crippen molar-refractivity contribution in [2.45, 2.75) is 13.1 Å². The van der Waals surface area contributed by atoms with Crippen molar-refractivity contribution in [3.8, 4) is 0 Å². The first-order valence-corrected chi connectivity index (χ1v) is 8.42. The second-order valence-electron chi connectivity index (χ2n) is 5.26. The maximum absolute atomic E-state index is 12.1. The molecule has 0 aliphatic heterocycles. The van der Waals surface area contributed by atoms with E-state index < -0.39 is 18.2 Å². The van der Waals surface area contributed by atoms with E-state index in [0.717, 1.165) is 22.6 Å². The molecule has 0 unspecified atom stereocenters. The van der Waals surface area contributed by atoms with Gasteiger partial charge in [0.2, 0.25) is 0 Å². The van der Waals surface area contributed by atoms with E-state index in [9.17, 15) is 19.5 Å². The van der Waals surface area contributed by atoms with Crippen molar-refractivity contribution in [3.05, 3.63) is 57.8 Å². The lowest BCUT2D eigenvalue weighted by Crippen LogP contribution is -2.30. The number of carboxylic acid groups (broad SMARTS) is 1. The van der Waals surface area contributed by atoms with Crippen LogP contribution in [0.2, 0.25) is 0 Å². The molecular formula is C17H18N2O6S. The lowest BCUT2D eigenvalue weighted by atomic mass is 10.1. The Morgan fingerprint density at radius 3 is 2.35 bits per heavy atom. The number of amides is 2. The number of hydrogen-bond acceptors (Lipinski definition) is 6. The number of carbonyl (C=O) groups is 3. The van der Waals surface area contributed by atoms with Crippen molar-refractivity contribution in [1.29, 1.82) is 0 Å². The number of hydrogen-bond donors (Lipinski definition) is 1. The van der Waals surface area contributed by atoms with E-state index in [2.05, 4.69) is 9.57 Å². The fraction of sp³-hybridized carbons (Fsp3) is 0.235. The number of hydroxylamine groups is 2. The number of ether oxygens (including phenoxy) is 1. The molecule has 8 nitrogen and oxygen atoms in total. The largest absolute Gasteiger partial charge is 0.533 e. The number of rotatable bonds is 5. The molecule has 2 amide bonds. The van der Waals surface area contributed by atoms with Gasteiger partial charge in [-0.05, 0) is 29.1 Å². The molecule has 0 spiro atoms. The first-order valence-electron chi connectivity index (χ1n) is 7.54. The van der Waals surface area contributed by atoms with Crippen LogP contribution in [0.4, 0.5) is 9.59 Å². The molecule has 0 atom stereocenters. The summed E-state index contributed by atoms with van der Waals surface area (Å²) in [5.41, 5.74) is 1.03. The molecule has 1 N–H and O–H groups in total. The Bertz CT molecular complexity index is 760. The maximum Gasteiger partial charge on any atom is 0.533 e. The van der Waals surface area contributed by atoms with E-state index in [1.54, 1.807) is 24.3 Å². The van der Waals surface area contributed by atoms with Crippen molar-refractivity contribution in [3.63, 3.8) is 0 Å². The summed E-state index contributed by atoms with van der Waals surface area (Å²) in [6.45, 7) is 0.486. The molecule has 1 aromatic carbocycles. The van der Waals surface area contributed by atoms with Gasteiger partial charge in [-0.25, -0.2) is 9.59 Å². The average Bonchev–Trinajstić information content (AvgIpc) is 3.14. The Labute approximate surface area is 154 Å². The van der Waals surface area contributed by atoms with Crippen LogP contribution in [0, 0.1) is 0 Å². The molecule has 0 radical (unpaired) electrons. The molecule has 9 heteroatoms. The Morgan fingerprint density at radius 2 is 1.81 bits per heavy atom. The fourth-order valence-corrected chi connectivity index (χ4v) is 2.85. The minimum Gasteiger partial charge on any atom is -0.465 e. The van der Waals surface area contributed by atoms with E-state index in [0.29, 0.717) is 12.1 Å². The molecule has 26 heavy (non-hydrogen) atoms. The van der Waals surface area contributed by atoms with Crippen LogP contribution in [0.25, 0.3) is 0 Å². The van der Waals surface area contributed by atoms with Crippen molar-refractivity contribution in [2.24, 2.45) is 0 Å². The highest BCUT2D eigenvalue weighted by molar-refractivity contribution is 7.09. The second kappa shape index (κ2) is 8.86. The van der Waals surface area contributed by atoms with Crippen LogP contribution < -0.4 is 0 Å². The van der Waals surface area contributed by atoms with E-state index in [1.165, 1.54) is 23.3 Å². The van der Waals surface area contributed by atoms with Crippen LogP contribution in [0.5, 0.6) is 0 Å². The van der Waals surface area contributed by atoms with Gasteiger partial charge in [-0.3, -0.25) is 9.69 Å². The van der Waals surface area contributed by atoms with Crippen LogP contribution in [0.15, 0.2) is 41.8 Å². The standard InChI is InChI=1S/C17H18N2O6S/c1-18(25-17(23)24-2)15(20)13-7-5-12(6-8-13)10-19(16(21)22)11-14-4-3-9-26-14/h3-9H,10-11H2,1-2H3,(H,21,22). The van der Waals surface area contributed by atoms with Gasteiger partial charge in [0.15, 0.2) is 0 Å². The third-order valence-corrected chi connectivity index (χ3v) is 4.30. The lowest BCUT2D eigenvalue weighted by Gasteiger charge is -2.19.